The van der Waals surface area contributed by atoms with Crippen LogP contribution in [0.4, 0.5) is 5.69 Å². The molecule has 0 bridgehead atoms. The van der Waals surface area contributed by atoms with Gasteiger partial charge in [-0.2, -0.15) is 0 Å². The van der Waals surface area contributed by atoms with Crippen LogP contribution < -0.4 is 19.1 Å². The zero-order valence-corrected chi connectivity index (χ0v) is 20.7. The summed E-state index contributed by atoms with van der Waals surface area (Å²) in [6, 6.07) is 17.1. The summed E-state index contributed by atoms with van der Waals surface area (Å²) in [5.74, 6) is 0.740. The van der Waals surface area contributed by atoms with Crippen LogP contribution in [0.3, 0.4) is 0 Å². The van der Waals surface area contributed by atoms with Crippen LogP contribution in [-0.2, 0) is 14.8 Å². The number of benzene rings is 2. The maximum Gasteiger partial charge on any atom is 0.274 e. The third kappa shape index (κ3) is 5.66. The van der Waals surface area contributed by atoms with Crippen molar-refractivity contribution in [3.05, 3.63) is 71.6 Å². The van der Waals surface area contributed by atoms with Gasteiger partial charge in [-0.15, -0.1) is 11.3 Å². The molecule has 0 aliphatic heterocycles. The van der Waals surface area contributed by atoms with Gasteiger partial charge in [0.2, 0.25) is 5.91 Å². The van der Waals surface area contributed by atoms with Crippen LogP contribution in [0.2, 0.25) is 0 Å². The first-order valence-electron chi connectivity index (χ1n) is 10.4. The van der Waals surface area contributed by atoms with E-state index in [0.29, 0.717) is 11.4 Å². The summed E-state index contributed by atoms with van der Waals surface area (Å²) in [5, 5.41) is 4.69. The highest BCUT2D eigenvalue weighted by Gasteiger charge is 2.31. The number of nitrogens with zero attached hydrogens (tertiary/aromatic N) is 1. The Kier molecular flexibility index (Phi) is 7.99. The van der Waals surface area contributed by atoms with Crippen LogP contribution >= 0.6 is 11.3 Å². The summed E-state index contributed by atoms with van der Waals surface area (Å²) in [4.78, 5) is 13.2. The van der Waals surface area contributed by atoms with Crippen molar-refractivity contribution in [2.24, 2.45) is 5.92 Å². The average molecular weight is 489 g/mol. The van der Waals surface area contributed by atoms with Gasteiger partial charge in [0.05, 0.1) is 25.9 Å². The van der Waals surface area contributed by atoms with Gasteiger partial charge in [-0.25, -0.2) is 8.42 Å². The largest absolute Gasteiger partial charge is 0.497 e. The molecule has 1 heterocycles. The molecular formula is C24H28N2O5S2. The molecule has 0 aliphatic carbocycles. The predicted molar refractivity (Wildman–Crippen MR) is 131 cm³/mol. The number of carbonyl (C=O) groups excluding carboxylic acids is 1. The van der Waals surface area contributed by atoms with Gasteiger partial charge in [0.1, 0.15) is 22.3 Å². The van der Waals surface area contributed by atoms with Gasteiger partial charge in [0, 0.05) is 0 Å². The standard InChI is InChI=1S/C24H28N2O5S2/c1-17(2)24(18-11-13-19(30-3)14-12-18)25-22(27)16-26(20-8-5-6-9-21(20)31-4)33(28,29)23-10-7-15-32-23/h5-15,17,24H,16H2,1-4H3,(H,25,27). The molecule has 0 aliphatic rings. The number of nitrogens with one attached hydrogen (secondary N) is 1. The molecule has 7 nitrogen and oxygen atoms in total. The lowest BCUT2D eigenvalue weighted by molar-refractivity contribution is -0.120. The van der Waals surface area contributed by atoms with Crippen LogP contribution in [0, 0.1) is 5.92 Å². The van der Waals surface area contributed by atoms with Crippen LogP contribution in [-0.4, -0.2) is 35.1 Å². The van der Waals surface area contributed by atoms with Crippen molar-refractivity contribution in [3.63, 3.8) is 0 Å². The molecule has 0 saturated heterocycles. The number of hydrogen-bond acceptors (Lipinski definition) is 6. The second-order valence-corrected chi connectivity index (χ2v) is 10.7. The van der Waals surface area contributed by atoms with Gasteiger partial charge < -0.3 is 14.8 Å². The number of amides is 1. The van der Waals surface area contributed by atoms with Crippen molar-refractivity contribution in [2.45, 2.75) is 24.1 Å². The number of rotatable bonds is 10. The van der Waals surface area contributed by atoms with Crippen LogP contribution in [0.1, 0.15) is 25.5 Å². The topological polar surface area (TPSA) is 84.9 Å². The highest BCUT2D eigenvalue weighted by molar-refractivity contribution is 7.94. The molecule has 3 rings (SSSR count). The van der Waals surface area contributed by atoms with Crippen LogP contribution in [0.15, 0.2) is 70.3 Å². The van der Waals surface area contributed by atoms with Crippen molar-refractivity contribution in [2.75, 3.05) is 25.1 Å². The molecule has 0 saturated carbocycles. The number of sulfonamides is 1. The average Bonchev–Trinajstić information content (AvgIpc) is 3.37. The molecule has 0 radical (unpaired) electrons. The first kappa shape index (κ1) is 24.6. The van der Waals surface area contributed by atoms with E-state index in [1.807, 2.05) is 38.1 Å². The summed E-state index contributed by atoms with van der Waals surface area (Å²) < 4.78 is 38.7. The lowest BCUT2D eigenvalue weighted by Crippen LogP contribution is -2.42. The van der Waals surface area contributed by atoms with Gasteiger partial charge in [-0.3, -0.25) is 9.10 Å². The number of ether oxygens (including phenoxy) is 2. The quantitative estimate of drug-likeness (QED) is 0.455. The smallest absolute Gasteiger partial charge is 0.274 e. The van der Waals surface area contributed by atoms with Gasteiger partial charge in [-0.1, -0.05) is 44.2 Å². The van der Waals surface area contributed by atoms with E-state index in [9.17, 15) is 13.2 Å². The summed E-state index contributed by atoms with van der Waals surface area (Å²) in [5.41, 5.74) is 1.21. The second kappa shape index (κ2) is 10.7. The maximum absolute atomic E-state index is 13.4. The van der Waals surface area contributed by atoms with Gasteiger partial charge >= 0.3 is 0 Å². The maximum atomic E-state index is 13.4. The SMILES string of the molecule is COc1ccc(C(NC(=O)CN(c2ccccc2OC)S(=O)(=O)c2cccs2)C(C)C)cc1. The number of carbonyl (C=O) groups is 1. The van der Waals surface area contributed by atoms with Crippen molar-refractivity contribution in [1.82, 2.24) is 5.32 Å². The zero-order chi connectivity index (χ0) is 24.0. The lowest BCUT2D eigenvalue weighted by Gasteiger charge is -2.27. The molecule has 0 fully saturated rings. The molecule has 2 aromatic carbocycles. The molecule has 1 atom stereocenters. The van der Waals surface area contributed by atoms with E-state index in [2.05, 4.69) is 5.32 Å². The van der Waals surface area contributed by atoms with Crippen molar-refractivity contribution in [1.29, 1.82) is 0 Å². The van der Waals surface area contributed by atoms with E-state index >= 15 is 0 Å². The molecular weight excluding hydrogens is 460 g/mol. The predicted octanol–water partition coefficient (Wildman–Crippen LogP) is 4.47. The summed E-state index contributed by atoms with van der Waals surface area (Å²) >= 11 is 1.10. The Balaban J connectivity index is 1.92. The number of para-hydroxylation sites is 2. The minimum atomic E-state index is -3.97. The van der Waals surface area contributed by atoms with Gasteiger partial charge in [0.15, 0.2) is 0 Å². The minimum absolute atomic E-state index is 0.0796. The zero-order valence-electron chi connectivity index (χ0n) is 19.0. The Hall–Kier alpha value is -3.04. The molecule has 1 aromatic heterocycles. The summed E-state index contributed by atoms with van der Waals surface area (Å²) in [6.45, 7) is 3.60. The highest BCUT2D eigenvalue weighted by Crippen LogP contribution is 2.33. The molecule has 1 unspecified atom stereocenters. The van der Waals surface area contributed by atoms with Crippen molar-refractivity contribution in [3.8, 4) is 11.5 Å². The Labute approximate surface area is 199 Å². The van der Waals surface area contributed by atoms with E-state index < -0.39 is 15.9 Å². The first-order valence-corrected chi connectivity index (χ1v) is 12.7. The van der Waals surface area contributed by atoms with E-state index in [1.54, 1.807) is 42.8 Å². The lowest BCUT2D eigenvalue weighted by atomic mass is 9.96. The monoisotopic (exact) mass is 488 g/mol. The van der Waals surface area contributed by atoms with E-state index in [1.165, 1.54) is 13.2 Å². The third-order valence-electron chi connectivity index (χ3n) is 5.14. The minimum Gasteiger partial charge on any atom is -0.497 e. The summed E-state index contributed by atoms with van der Waals surface area (Å²) in [7, 11) is -0.914. The molecule has 0 spiro atoms. The third-order valence-corrected chi connectivity index (χ3v) is 8.27. The molecule has 176 valence electrons. The fraction of sp³-hybridized carbons (Fsp3) is 0.292. The van der Waals surface area contributed by atoms with E-state index in [4.69, 9.17) is 9.47 Å². The normalized spacial score (nSPS) is 12.3. The number of hydrogen-bond donors (Lipinski definition) is 1. The fourth-order valence-electron chi connectivity index (χ4n) is 3.45. The molecule has 1 amide bonds. The molecule has 9 heteroatoms. The molecule has 33 heavy (non-hydrogen) atoms. The number of thiophene rings is 1. The second-order valence-electron chi connectivity index (χ2n) is 7.68. The fourth-order valence-corrected chi connectivity index (χ4v) is 5.99. The molecule has 3 aromatic rings. The van der Waals surface area contributed by atoms with Crippen molar-refractivity contribution >= 4 is 33.0 Å². The number of anilines is 1. The van der Waals surface area contributed by atoms with E-state index in [0.717, 1.165) is 27.0 Å². The van der Waals surface area contributed by atoms with Gasteiger partial charge in [0.25, 0.3) is 10.0 Å². The Morgan fingerprint density at radius 1 is 1.00 bits per heavy atom. The molecule has 1 N–H and O–H groups in total. The number of methoxy groups -OCH3 is 2. The highest BCUT2D eigenvalue weighted by atomic mass is 32.2. The Morgan fingerprint density at radius 3 is 2.27 bits per heavy atom. The van der Waals surface area contributed by atoms with Crippen LogP contribution in [0.25, 0.3) is 0 Å². The Bertz CT molecular complexity index is 1160. The summed E-state index contributed by atoms with van der Waals surface area (Å²) in [6.07, 6.45) is 0. The van der Waals surface area contributed by atoms with Crippen molar-refractivity contribution < 1.29 is 22.7 Å². The van der Waals surface area contributed by atoms with E-state index in [-0.39, 0.29) is 22.7 Å². The first-order chi connectivity index (χ1) is 15.8. The van der Waals surface area contributed by atoms with Crippen LogP contribution in [0.5, 0.6) is 11.5 Å². The Morgan fingerprint density at radius 2 is 1.70 bits per heavy atom. The van der Waals surface area contributed by atoms with Gasteiger partial charge in [-0.05, 0) is 47.2 Å².